The summed E-state index contributed by atoms with van der Waals surface area (Å²) in [6.07, 6.45) is 1.62. The topological polar surface area (TPSA) is 111 Å². The molecule has 34 heavy (non-hydrogen) atoms. The van der Waals surface area contributed by atoms with Gasteiger partial charge in [0.05, 0.1) is 19.1 Å². The zero-order chi connectivity index (χ0) is 24.2. The number of hydrogen-bond acceptors (Lipinski definition) is 5. The summed E-state index contributed by atoms with van der Waals surface area (Å²) in [5, 5.41) is 15.2. The highest BCUT2D eigenvalue weighted by Gasteiger charge is 2.39. The fraction of sp³-hybridized carbons (Fsp3) is 0.400. The number of ether oxygens (including phenoxy) is 1. The molecule has 2 fully saturated rings. The SMILES string of the molecule is Cc1ccc(CN2C(=O)N(C[C@H](C)C(=O)O)C(=O)NC2Nc2ccc(OCC3CC3)cc2)cc1. The number of carboxylic acid groups (broad SMARTS) is 1. The number of imide groups is 1. The highest BCUT2D eigenvalue weighted by atomic mass is 16.5. The Labute approximate surface area is 198 Å². The third-order valence-electron chi connectivity index (χ3n) is 5.99. The number of hydrogen-bond donors (Lipinski definition) is 3. The van der Waals surface area contributed by atoms with E-state index in [9.17, 15) is 19.5 Å². The predicted octanol–water partition coefficient (Wildman–Crippen LogP) is 3.85. The van der Waals surface area contributed by atoms with Crippen molar-refractivity contribution in [2.75, 3.05) is 18.5 Å². The van der Waals surface area contributed by atoms with Gasteiger partial charge in [0.25, 0.3) is 0 Å². The van der Waals surface area contributed by atoms with Crippen molar-refractivity contribution < 1.29 is 24.2 Å². The molecule has 0 aromatic heterocycles. The number of aryl methyl sites for hydroxylation is 1. The number of benzene rings is 2. The predicted molar refractivity (Wildman–Crippen MR) is 126 cm³/mol. The molecule has 2 aliphatic rings. The molecule has 1 heterocycles. The van der Waals surface area contributed by atoms with E-state index in [4.69, 9.17) is 4.74 Å². The first-order chi connectivity index (χ1) is 16.3. The lowest BCUT2D eigenvalue weighted by molar-refractivity contribution is -0.141. The van der Waals surface area contributed by atoms with Crippen molar-refractivity contribution in [3.05, 3.63) is 59.7 Å². The third kappa shape index (κ3) is 5.78. The zero-order valence-corrected chi connectivity index (χ0v) is 19.4. The highest BCUT2D eigenvalue weighted by molar-refractivity contribution is 5.96. The Bertz CT molecular complexity index is 1040. The van der Waals surface area contributed by atoms with E-state index in [1.165, 1.54) is 24.7 Å². The highest BCUT2D eigenvalue weighted by Crippen LogP contribution is 2.30. The number of nitrogens with one attached hydrogen (secondary N) is 2. The molecule has 0 radical (unpaired) electrons. The fourth-order valence-electron chi connectivity index (χ4n) is 3.61. The second kappa shape index (κ2) is 10.0. The molecule has 0 bridgehead atoms. The van der Waals surface area contributed by atoms with Crippen LogP contribution in [0.3, 0.4) is 0 Å². The van der Waals surface area contributed by atoms with Crippen LogP contribution in [0.5, 0.6) is 5.75 Å². The fourth-order valence-corrected chi connectivity index (χ4v) is 3.61. The first-order valence-corrected chi connectivity index (χ1v) is 11.5. The average molecular weight is 467 g/mol. The van der Waals surface area contributed by atoms with Crippen LogP contribution in [0.1, 0.15) is 30.9 Å². The van der Waals surface area contributed by atoms with Crippen LogP contribution in [0.2, 0.25) is 0 Å². The number of amides is 4. The van der Waals surface area contributed by atoms with Gasteiger partial charge in [-0.1, -0.05) is 36.8 Å². The van der Waals surface area contributed by atoms with E-state index < -0.39 is 30.2 Å². The van der Waals surface area contributed by atoms with Crippen molar-refractivity contribution in [3.8, 4) is 5.75 Å². The lowest BCUT2D eigenvalue weighted by Gasteiger charge is -2.41. The second-order valence-electron chi connectivity index (χ2n) is 9.02. The van der Waals surface area contributed by atoms with Gasteiger partial charge in [0.2, 0.25) is 0 Å². The van der Waals surface area contributed by atoms with Crippen molar-refractivity contribution in [2.45, 2.75) is 39.5 Å². The number of rotatable bonds is 10. The largest absolute Gasteiger partial charge is 0.493 e. The maximum atomic E-state index is 13.3. The van der Waals surface area contributed by atoms with Crippen molar-refractivity contribution in [1.82, 2.24) is 15.1 Å². The van der Waals surface area contributed by atoms with Crippen LogP contribution < -0.4 is 15.4 Å². The Kier molecular flexibility index (Phi) is 6.90. The van der Waals surface area contributed by atoms with Crippen LogP contribution in [-0.2, 0) is 11.3 Å². The minimum Gasteiger partial charge on any atom is -0.493 e. The summed E-state index contributed by atoms with van der Waals surface area (Å²) in [6.45, 7) is 4.18. The van der Waals surface area contributed by atoms with Crippen molar-refractivity contribution in [2.24, 2.45) is 11.8 Å². The monoisotopic (exact) mass is 466 g/mol. The molecule has 3 N–H and O–H groups in total. The van der Waals surface area contributed by atoms with Gasteiger partial charge in [-0.15, -0.1) is 0 Å². The average Bonchev–Trinajstić information content (AvgIpc) is 3.64. The molecule has 0 spiro atoms. The molecule has 1 aliphatic heterocycles. The van der Waals surface area contributed by atoms with Gasteiger partial charge in [0.15, 0.2) is 6.29 Å². The van der Waals surface area contributed by atoms with Gasteiger partial charge in [0.1, 0.15) is 5.75 Å². The third-order valence-corrected chi connectivity index (χ3v) is 5.99. The number of carboxylic acids is 1. The summed E-state index contributed by atoms with van der Waals surface area (Å²) < 4.78 is 5.77. The molecule has 1 unspecified atom stereocenters. The van der Waals surface area contributed by atoms with Crippen LogP contribution in [0.4, 0.5) is 15.3 Å². The van der Waals surface area contributed by atoms with Gasteiger partial charge in [-0.2, -0.15) is 0 Å². The molecule has 2 aromatic rings. The van der Waals surface area contributed by atoms with E-state index in [1.807, 2.05) is 55.5 Å². The van der Waals surface area contributed by atoms with E-state index in [2.05, 4.69) is 10.6 Å². The molecule has 1 saturated carbocycles. The van der Waals surface area contributed by atoms with Crippen molar-refractivity contribution in [3.63, 3.8) is 0 Å². The van der Waals surface area contributed by atoms with E-state index in [-0.39, 0.29) is 13.1 Å². The summed E-state index contributed by atoms with van der Waals surface area (Å²) in [7, 11) is 0. The van der Waals surface area contributed by atoms with E-state index >= 15 is 0 Å². The van der Waals surface area contributed by atoms with E-state index in [1.54, 1.807) is 0 Å². The second-order valence-corrected chi connectivity index (χ2v) is 9.02. The number of carbonyl (C=O) groups is 3. The molecule has 1 saturated heterocycles. The number of aliphatic carboxylic acids is 1. The van der Waals surface area contributed by atoms with Crippen LogP contribution in [0, 0.1) is 18.8 Å². The molecule has 1 aliphatic carbocycles. The first kappa shape index (κ1) is 23.4. The van der Waals surface area contributed by atoms with E-state index in [0.717, 1.165) is 28.4 Å². The molecular formula is C25H30N4O5. The summed E-state index contributed by atoms with van der Waals surface area (Å²) >= 11 is 0. The summed E-state index contributed by atoms with van der Waals surface area (Å²) in [5.41, 5.74) is 2.69. The lowest BCUT2D eigenvalue weighted by Crippen LogP contribution is -2.67. The van der Waals surface area contributed by atoms with Gasteiger partial charge >= 0.3 is 18.0 Å². The Hall–Kier alpha value is -3.75. The van der Waals surface area contributed by atoms with Crippen LogP contribution in [0.15, 0.2) is 48.5 Å². The number of urea groups is 2. The number of carbonyl (C=O) groups excluding carboxylic acids is 2. The minimum atomic E-state index is -1.07. The normalized spacial score (nSPS) is 18.9. The minimum absolute atomic E-state index is 0.218. The number of nitrogens with zero attached hydrogens (tertiary/aromatic N) is 2. The Morgan fingerprint density at radius 1 is 1.15 bits per heavy atom. The lowest BCUT2D eigenvalue weighted by atomic mass is 10.1. The van der Waals surface area contributed by atoms with Gasteiger partial charge < -0.3 is 15.2 Å². The van der Waals surface area contributed by atoms with Gasteiger partial charge in [-0.05, 0) is 55.5 Å². The van der Waals surface area contributed by atoms with Crippen LogP contribution in [-0.4, -0.2) is 52.4 Å². The Morgan fingerprint density at radius 2 is 1.82 bits per heavy atom. The van der Waals surface area contributed by atoms with Crippen LogP contribution >= 0.6 is 0 Å². The van der Waals surface area contributed by atoms with Gasteiger partial charge in [-0.3, -0.25) is 15.0 Å². The van der Waals surface area contributed by atoms with Crippen molar-refractivity contribution >= 4 is 23.7 Å². The molecule has 4 amide bonds. The maximum absolute atomic E-state index is 13.3. The standard InChI is InChI=1S/C25H30N4O5/c1-16-3-5-18(6-4-16)14-28-23(27-24(32)29(25(28)33)13-17(2)22(30)31)26-20-9-11-21(12-10-20)34-15-19-7-8-19/h3-6,9-12,17,19,23,26H,7-8,13-15H2,1-2H3,(H,27,32)(H,30,31)/t17-,23?/m0/s1. The molecule has 9 nitrogen and oxygen atoms in total. The molecule has 180 valence electrons. The molecular weight excluding hydrogens is 436 g/mol. The quantitative estimate of drug-likeness (QED) is 0.491. The smallest absolute Gasteiger partial charge is 0.331 e. The van der Waals surface area contributed by atoms with E-state index in [0.29, 0.717) is 11.6 Å². The molecule has 9 heteroatoms. The number of anilines is 1. The molecule has 4 rings (SSSR count). The van der Waals surface area contributed by atoms with Gasteiger partial charge in [-0.25, -0.2) is 14.5 Å². The van der Waals surface area contributed by atoms with Crippen molar-refractivity contribution in [1.29, 1.82) is 0 Å². The van der Waals surface area contributed by atoms with Crippen LogP contribution in [0.25, 0.3) is 0 Å². The summed E-state index contributed by atoms with van der Waals surface area (Å²) in [4.78, 5) is 39.8. The molecule has 2 atom stereocenters. The van der Waals surface area contributed by atoms with Gasteiger partial charge in [0, 0.05) is 12.2 Å². The first-order valence-electron chi connectivity index (χ1n) is 11.5. The summed E-state index contributed by atoms with van der Waals surface area (Å²) in [6, 6.07) is 13.9. The zero-order valence-electron chi connectivity index (χ0n) is 19.4. The Balaban J connectivity index is 1.50. The summed E-state index contributed by atoms with van der Waals surface area (Å²) in [5.74, 6) is -0.534. The maximum Gasteiger partial charge on any atom is 0.331 e. The Morgan fingerprint density at radius 3 is 2.44 bits per heavy atom. The molecule has 2 aromatic carbocycles.